The van der Waals surface area contributed by atoms with Crippen LogP contribution in [0.5, 0.6) is 0 Å². The number of hydrogen-bond acceptors (Lipinski definition) is 3. The van der Waals surface area contributed by atoms with Crippen LogP contribution in [0.3, 0.4) is 0 Å². The Kier molecular flexibility index (Phi) is 8.73. The minimum Gasteiger partial charge on any atom is -0.396 e. The first-order valence-corrected chi connectivity index (χ1v) is 13.6. The Bertz CT molecular complexity index is 748. The van der Waals surface area contributed by atoms with Gasteiger partial charge in [0.25, 0.3) is 0 Å². The van der Waals surface area contributed by atoms with E-state index in [1.165, 1.54) is 43.3 Å². The zero-order chi connectivity index (χ0) is 24.3. The lowest BCUT2D eigenvalue weighted by atomic mass is 9.57. The van der Waals surface area contributed by atoms with Crippen LogP contribution in [-0.2, 0) is 0 Å². The molecular weight excluding hydrogens is 408 g/mol. The second kappa shape index (κ2) is 10.8. The number of rotatable bonds is 9. The van der Waals surface area contributed by atoms with Crippen molar-refractivity contribution in [2.24, 2.45) is 22.7 Å². The predicted octanol–water partition coefficient (Wildman–Crippen LogP) is 6.88. The van der Waals surface area contributed by atoms with Gasteiger partial charge in [-0.1, -0.05) is 64.0 Å². The summed E-state index contributed by atoms with van der Waals surface area (Å²) >= 11 is 0. The van der Waals surface area contributed by atoms with Crippen molar-refractivity contribution in [1.82, 2.24) is 0 Å². The molecule has 2 unspecified atom stereocenters. The lowest BCUT2D eigenvalue weighted by molar-refractivity contribution is -0.00638. The van der Waals surface area contributed by atoms with Crippen LogP contribution < -0.4 is 0 Å². The lowest BCUT2D eigenvalue weighted by Gasteiger charge is -2.48. The summed E-state index contributed by atoms with van der Waals surface area (Å²) in [5.41, 5.74) is 3.95. The van der Waals surface area contributed by atoms with Gasteiger partial charge in [0.15, 0.2) is 0 Å². The molecule has 0 amide bonds. The van der Waals surface area contributed by atoms with Crippen molar-refractivity contribution in [2.45, 2.75) is 123 Å². The average molecular weight is 459 g/mol. The molecule has 0 aromatic carbocycles. The van der Waals surface area contributed by atoms with Crippen molar-refractivity contribution < 1.29 is 15.3 Å². The molecule has 0 aliphatic heterocycles. The quantitative estimate of drug-likeness (QED) is 0.353. The summed E-state index contributed by atoms with van der Waals surface area (Å²) in [7, 11) is 0. The summed E-state index contributed by atoms with van der Waals surface area (Å²) in [6, 6.07) is 0. The summed E-state index contributed by atoms with van der Waals surface area (Å²) in [6.07, 6.45) is 17.5. The Morgan fingerprint density at radius 3 is 2.55 bits per heavy atom. The van der Waals surface area contributed by atoms with Crippen LogP contribution in [-0.4, -0.2) is 33.6 Å². The fourth-order valence-electron chi connectivity index (χ4n) is 7.65. The zero-order valence-corrected chi connectivity index (χ0v) is 21.8. The van der Waals surface area contributed by atoms with Crippen LogP contribution in [0, 0.1) is 22.7 Å². The van der Waals surface area contributed by atoms with E-state index in [4.69, 9.17) is 0 Å². The molecule has 0 bridgehead atoms. The molecule has 0 saturated heterocycles. The molecule has 3 aliphatic carbocycles. The summed E-state index contributed by atoms with van der Waals surface area (Å²) in [5, 5.41) is 30.2. The number of aliphatic hydroxyl groups is 3. The van der Waals surface area contributed by atoms with Gasteiger partial charge in [-0.2, -0.15) is 0 Å². The third-order valence-corrected chi connectivity index (χ3v) is 9.79. The molecule has 3 nitrogen and oxygen atoms in total. The third kappa shape index (κ3) is 6.03. The van der Waals surface area contributed by atoms with Crippen molar-refractivity contribution in [3.63, 3.8) is 0 Å². The second-order valence-corrected chi connectivity index (χ2v) is 12.4. The van der Waals surface area contributed by atoms with Gasteiger partial charge in [0.05, 0.1) is 11.7 Å². The van der Waals surface area contributed by atoms with Crippen LogP contribution in [0.15, 0.2) is 35.5 Å². The van der Waals surface area contributed by atoms with Crippen LogP contribution >= 0.6 is 0 Å². The highest BCUT2D eigenvalue weighted by molar-refractivity contribution is 5.36. The van der Waals surface area contributed by atoms with E-state index < -0.39 is 5.60 Å². The van der Waals surface area contributed by atoms with Gasteiger partial charge in [0.2, 0.25) is 0 Å². The Hall–Kier alpha value is -0.900. The van der Waals surface area contributed by atoms with Gasteiger partial charge < -0.3 is 15.3 Å². The minimum absolute atomic E-state index is 0.0632. The van der Waals surface area contributed by atoms with Crippen molar-refractivity contribution in [2.75, 3.05) is 6.61 Å². The maximum absolute atomic E-state index is 10.8. The Morgan fingerprint density at radius 2 is 1.85 bits per heavy atom. The van der Waals surface area contributed by atoms with E-state index in [0.29, 0.717) is 30.1 Å². The molecule has 3 N–H and O–H groups in total. The largest absolute Gasteiger partial charge is 0.396 e. The number of aliphatic hydroxyl groups excluding tert-OH is 2. The Morgan fingerprint density at radius 1 is 1.09 bits per heavy atom. The maximum Gasteiger partial charge on any atom is 0.0667 e. The molecule has 3 fully saturated rings. The third-order valence-electron chi connectivity index (χ3n) is 9.79. The van der Waals surface area contributed by atoms with E-state index in [9.17, 15) is 15.3 Å². The molecule has 3 heteroatoms. The summed E-state index contributed by atoms with van der Waals surface area (Å²) in [6.45, 7) is 13.8. The fraction of sp³-hybridized carbons (Fsp3) is 0.800. The van der Waals surface area contributed by atoms with Crippen molar-refractivity contribution in [3.05, 3.63) is 35.5 Å². The topological polar surface area (TPSA) is 60.7 Å². The maximum atomic E-state index is 10.8. The first kappa shape index (κ1) is 26.7. The monoisotopic (exact) mass is 458 g/mol. The molecule has 3 aliphatic rings. The van der Waals surface area contributed by atoms with Gasteiger partial charge in [-0.3, -0.25) is 0 Å². The molecule has 5 atom stereocenters. The molecule has 188 valence electrons. The molecule has 0 spiro atoms. The van der Waals surface area contributed by atoms with Gasteiger partial charge in [0.1, 0.15) is 0 Å². The molecule has 0 aromatic rings. The van der Waals surface area contributed by atoms with E-state index >= 15 is 0 Å². The van der Waals surface area contributed by atoms with Crippen LogP contribution in [0.2, 0.25) is 0 Å². The highest BCUT2D eigenvalue weighted by atomic mass is 16.3. The van der Waals surface area contributed by atoms with Crippen molar-refractivity contribution in [1.29, 1.82) is 0 Å². The average Bonchev–Trinajstić information content (AvgIpc) is 3.13. The smallest absolute Gasteiger partial charge is 0.0667 e. The molecule has 0 aromatic heterocycles. The zero-order valence-electron chi connectivity index (χ0n) is 21.8. The number of fused-ring (bicyclic) bond motifs is 1. The molecule has 3 saturated carbocycles. The first-order valence-electron chi connectivity index (χ1n) is 13.6. The van der Waals surface area contributed by atoms with E-state index in [1.807, 2.05) is 6.92 Å². The van der Waals surface area contributed by atoms with Crippen LogP contribution in [0.4, 0.5) is 0 Å². The summed E-state index contributed by atoms with van der Waals surface area (Å²) in [5.74, 6) is 1.36. The Labute approximate surface area is 203 Å². The van der Waals surface area contributed by atoms with E-state index in [2.05, 4.69) is 39.5 Å². The molecule has 33 heavy (non-hydrogen) atoms. The van der Waals surface area contributed by atoms with Gasteiger partial charge >= 0.3 is 0 Å². The van der Waals surface area contributed by atoms with Crippen LogP contribution in [0.1, 0.15) is 111 Å². The molecule has 3 rings (SSSR count). The summed E-state index contributed by atoms with van der Waals surface area (Å²) in [4.78, 5) is 0. The molecular formula is C30H50O3. The molecule has 0 radical (unpaired) electrons. The van der Waals surface area contributed by atoms with E-state index in [1.54, 1.807) is 5.57 Å². The molecule has 0 heterocycles. The van der Waals surface area contributed by atoms with Crippen molar-refractivity contribution >= 4 is 0 Å². The SMILES string of the molecule is C=C1CC[C@H](O)C/C1=C/C=C1CCC[C@@]2(C)C1CC[C@@H]2C(C)(C)CCCC(O)(CC)CCO. The normalized spacial score (nSPS) is 35.1. The Balaban J connectivity index is 1.70. The lowest BCUT2D eigenvalue weighted by Crippen LogP contribution is -2.40. The fourth-order valence-corrected chi connectivity index (χ4v) is 7.65. The van der Waals surface area contributed by atoms with Crippen LogP contribution in [0.25, 0.3) is 0 Å². The van der Waals surface area contributed by atoms with E-state index in [-0.39, 0.29) is 18.1 Å². The highest BCUT2D eigenvalue weighted by Crippen LogP contribution is 2.62. The number of allylic oxidation sites excluding steroid dienone is 4. The first-order chi connectivity index (χ1) is 15.5. The number of hydrogen-bond donors (Lipinski definition) is 3. The standard InChI is InChI=1S/C30H50O3/c1-6-30(33,19-20-31)18-8-16-28(3,4)27-15-14-26-23(9-7-17-29(26,27)5)11-12-24-21-25(32)13-10-22(24)2/h11-12,25-27,31-33H,2,6-10,13-21H2,1,3-5H3/b23-11?,24-12-/t25-,26?,27+,29-,30?/m0/s1. The predicted molar refractivity (Wildman–Crippen MR) is 138 cm³/mol. The van der Waals surface area contributed by atoms with Gasteiger partial charge in [-0.05, 0) is 105 Å². The van der Waals surface area contributed by atoms with Gasteiger partial charge in [-0.25, -0.2) is 0 Å². The summed E-state index contributed by atoms with van der Waals surface area (Å²) < 4.78 is 0. The minimum atomic E-state index is -0.710. The van der Waals surface area contributed by atoms with Gasteiger partial charge in [-0.15, -0.1) is 0 Å². The van der Waals surface area contributed by atoms with E-state index in [0.717, 1.165) is 38.5 Å². The van der Waals surface area contributed by atoms with Gasteiger partial charge in [0, 0.05) is 6.61 Å². The second-order valence-electron chi connectivity index (χ2n) is 12.4. The highest BCUT2D eigenvalue weighted by Gasteiger charge is 2.53. The van der Waals surface area contributed by atoms with Crippen molar-refractivity contribution in [3.8, 4) is 0 Å².